The summed E-state index contributed by atoms with van der Waals surface area (Å²) in [4.78, 5) is 31.4. The van der Waals surface area contributed by atoms with Crippen molar-refractivity contribution in [2.45, 2.75) is 62.9 Å². The molecule has 1 aromatic carbocycles. The number of hydrogen-bond donors (Lipinski definition) is 2. The summed E-state index contributed by atoms with van der Waals surface area (Å²) in [5.74, 6) is -3.67. The standard InChI is InChI=1S/C24H29F2N5O3/c1-31-11-9-24(14-27,10-12-31)30-22(32)18(13-15-5-3-2-4-6-15)28-21-16-7-8-17(25)19(26)20(16)34-23(33)29-21/h7-8,15,18H,2-6,9-13H2,1H3,(H,30,32)(H,28,29,33)/t18-/m0/s1. The lowest BCUT2D eigenvalue weighted by Gasteiger charge is -2.37. The van der Waals surface area contributed by atoms with E-state index in [1.165, 1.54) is 6.07 Å². The lowest BCUT2D eigenvalue weighted by atomic mass is 9.84. The zero-order valence-electron chi connectivity index (χ0n) is 19.2. The minimum Gasteiger partial charge on any atom is -0.405 e. The van der Waals surface area contributed by atoms with Crippen molar-refractivity contribution in [2.75, 3.05) is 25.5 Å². The molecule has 182 valence electrons. The maximum atomic E-state index is 14.3. The molecule has 0 spiro atoms. The Morgan fingerprint density at radius 3 is 2.68 bits per heavy atom. The molecule has 1 amide bonds. The van der Waals surface area contributed by atoms with Gasteiger partial charge >= 0.3 is 5.76 Å². The number of hydrogen-bond acceptors (Lipinski definition) is 7. The Balaban J connectivity index is 1.64. The first-order valence-electron chi connectivity index (χ1n) is 11.8. The largest absolute Gasteiger partial charge is 0.441 e. The first-order valence-corrected chi connectivity index (χ1v) is 11.8. The molecular formula is C24H29F2N5O3. The van der Waals surface area contributed by atoms with Crippen molar-refractivity contribution < 1.29 is 18.0 Å². The summed E-state index contributed by atoms with van der Waals surface area (Å²) in [6.07, 6.45) is 6.74. The minimum atomic E-state index is -1.29. The fourth-order valence-electron chi connectivity index (χ4n) is 4.93. The molecule has 2 aliphatic rings. The number of amides is 1. The molecule has 0 bridgehead atoms. The van der Waals surface area contributed by atoms with Gasteiger partial charge in [0, 0.05) is 13.1 Å². The number of carbonyl (C=O) groups excluding carboxylic acids is 1. The summed E-state index contributed by atoms with van der Waals surface area (Å²) < 4.78 is 32.8. The molecule has 1 aliphatic heterocycles. The number of likely N-dealkylation sites (tertiary alicyclic amines) is 1. The Labute approximate surface area is 196 Å². The zero-order valence-corrected chi connectivity index (χ0v) is 19.2. The van der Waals surface area contributed by atoms with Crippen molar-refractivity contribution >= 4 is 22.7 Å². The minimum absolute atomic E-state index is 0.0458. The maximum absolute atomic E-state index is 14.3. The van der Waals surface area contributed by atoms with Crippen molar-refractivity contribution in [1.29, 1.82) is 5.26 Å². The van der Waals surface area contributed by atoms with Crippen LogP contribution in [0.1, 0.15) is 51.4 Å². The average molecular weight is 474 g/mol. The van der Waals surface area contributed by atoms with Gasteiger partial charge in [-0.05, 0) is 44.4 Å². The van der Waals surface area contributed by atoms with Gasteiger partial charge in [0.2, 0.25) is 11.7 Å². The summed E-state index contributed by atoms with van der Waals surface area (Å²) in [6, 6.07) is 3.66. The topological polar surface area (TPSA) is 111 Å². The van der Waals surface area contributed by atoms with E-state index in [1.54, 1.807) is 0 Å². The highest BCUT2D eigenvalue weighted by atomic mass is 19.2. The Morgan fingerprint density at radius 1 is 1.29 bits per heavy atom. The summed E-state index contributed by atoms with van der Waals surface area (Å²) in [7, 11) is 1.97. The van der Waals surface area contributed by atoms with E-state index in [2.05, 4.69) is 26.6 Å². The van der Waals surface area contributed by atoms with Crippen LogP contribution in [0.2, 0.25) is 0 Å². The van der Waals surface area contributed by atoms with E-state index in [-0.39, 0.29) is 23.0 Å². The number of aromatic nitrogens is 1. The highest BCUT2D eigenvalue weighted by Crippen LogP contribution is 2.30. The highest BCUT2D eigenvalue weighted by Gasteiger charge is 2.38. The van der Waals surface area contributed by atoms with Crippen LogP contribution in [0.25, 0.3) is 11.0 Å². The molecule has 10 heteroatoms. The monoisotopic (exact) mass is 473 g/mol. The van der Waals surface area contributed by atoms with E-state index >= 15 is 0 Å². The van der Waals surface area contributed by atoms with Crippen LogP contribution in [0, 0.1) is 28.9 Å². The van der Waals surface area contributed by atoms with E-state index in [0.717, 1.165) is 38.2 Å². The molecule has 2 N–H and O–H groups in total. The van der Waals surface area contributed by atoms with E-state index in [1.807, 2.05) is 7.05 Å². The zero-order chi connectivity index (χ0) is 24.3. The van der Waals surface area contributed by atoms with Crippen molar-refractivity contribution in [3.05, 3.63) is 34.3 Å². The van der Waals surface area contributed by atoms with Crippen molar-refractivity contribution in [1.82, 2.24) is 15.2 Å². The predicted molar refractivity (Wildman–Crippen MR) is 122 cm³/mol. The molecule has 1 atom stereocenters. The molecule has 2 aromatic rings. The van der Waals surface area contributed by atoms with Gasteiger partial charge in [0.25, 0.3) is 0 Å². The molecule has 1 aliphatic carbocycles. The van der Waals surface area contributed by atoms with Crippen LogP contribution in [0.15, 0.2) is 21.3 Å². The maximum Gasteiger partial charge on any atom is 0.441 e. The van der Waals surface area contributed by atoms with Gasteiger partial charge in [0.05, 0.1) is 11.5 Å². The second-order valence-electron chi connectivity index (χ2n) is 9.49. The van der Waals surface area contributed by atoms with Crippen LogP contribution in [0.3, 0.4) is 0 Å². The average Bonchev–Trinajstić information content (AvgIpc) is 2.83. The molecule has 4 rings (SSSR count). The lowest BCUT2D eigenvalue weighted by Crippen LogP contribution is -2.57. The van der Waals surface area contributed by atoms with E-state index in [9.17, 15) is 23.6 Å². The first kappa shape index (κ1) is 24.1. The Kier molecular flexibility index (Phi) is 7.12. The van der Waals surface area contributed by atoms with E-state index < -0.39 is 34.6 Å². The van der Waals surface area contributed by atoms with Gasteiger partial charge in [0.15, 0.2) is 11.4 Å². The number of benzene rings is 1. The van der Waals surface area contributed by atoms with Crippen molar-refractivity contribution in [3.8, 4) is 6.07 Å². The molecule has 1 saturated carbocycles. The second kappa shape index (κ2) is 10.1. The second-order valence-corrected chi connectivity index (χ2v) is 9.49. The fourth-order valence-corrected chi connectivity index (χ4v) is 4.93. The van der Waals surface area contributed by atoms with Gasteiger partial charge in [-0.2, -0.15) is 14.6 Å². The first-order chi connectivity index (χ1) is 16.3. The third kappa shape index (κ3) is 5.20. The smallest absolute Gasteiger partial charge is 0.405 e. The van der Waals surface area contributed by atoms with E-state index in [0.29, 0.717) is 32.4 Å². The van der Waals surface area contributed by atoms with Crippen molar-refractivity contribution in [3.63, 3.8) is 0 Å². The number of nitriles is 1. The van der Waals surface area contributed by atoms with Gasteiger partial charge in [0.1, 0.15) is 17.4 Å². The Bertz CT molecular complexity index is 1150. The van der Waals surface area contributed by atoms with Crippen LogP contribution in [-0.2, 0) is 4.79 Å². The number of anilines is 1. The van der Waals surface area contributed by atoms with Crippen LogP contribution >= 0.6 is 0 Å². The van der Waals surface area contributed by atoms with Gasteiger partial charge in [-0.15, -0.1) is 0 Å². The number of rotatable bonds is 6. The molecular weight excluding hydrogens is 444 g/mol. The SMILES string of the molecule is CN1CCC(C#N)(NC(=O)[C@H](CC2CCCCC2)Nc2nc(=O)oc3c(F)c(F)ccc23)CC1. The van der Waals surface area contributed by atoms with Crippen molar-refractivity contribution in [2.24, 2.45) is 5.92 Å². The predicted octanol–water partition coefficient (Wildman–Crippen LogP) is 3.32. The van der Waals surface area contributed by atoms with Gasteiger partial charge in [-0.25, -0.2) is 9.18 Å². The Morgan fingerprint density at radius 2 is 2.00 bits per heavy atom. The molecule has 0 radical (unpaired) electrons. The molecule has 2 fully saturated rings. The normalized spacial score (nSPS) is 19.9. The summed E-state index contributed by atoms with van der Waals surface area (Å²) in [5, 5.41) is 15.9. The van der Waals surface area contributed by atoms with Crippen LogP contribution < -0.4 is 16.4 Å². The lowest BCUT2D eigenvalue weighted by molar-refractivity contribution is -0.124. The third-order valence-corrected chi connectivity index (χ3v) is 7.04. The van der Waals surface area contributed by atoms with Gasteiger partial charge in [-0.3, -0.25) is 4.79 Å². The molecule has 1 saturated heterocycles. The van der Waals surface area contributed by atoms with Crippen LogP contribution in [-0.4, -0.2) is 47.5 Å². The molecule has 34 heavy (non-hydrogen) atoms. The van der Waals surface area contributed by atoms with Crippen LogP contribution in [0.5, 0.6) is 0 Å². The quantitative estimate of drug-likeness (QED) is 0.662. The Hall–Kier alpha value is -3.06. The van der Waals surface area contributed by atoms with E-state index in [4.69, 9.17) is 4.42 Å². The summed E-state index contributed by atoms with van der Waals surface area (Å²) >= 11 is 0. The summed E-state index contributed by atoms with van der Waals surface area (Å²) in [6.45, 7) is 1.37. The number of piperidine rings is 1. The number of fused-ring (bicyclic) bond motifs is 1. The fraction of sp³-hybridized carbons (Fsp3) is 0.583. The molecule has 2 heterocycles. The summed E-state index contributed by atoms with van der Waals surface area (Å²) in [5.41, 5.74) is -1.53. The molecule has 0 unspecified atom stereocenters. The number of carbonyl (C=O) groups is 1. The number of nitrogens with one attached hydrogen (secondary N) is 2. The third-order valence-electron chi connectivity index (χ3n) is 7.04. The van der Waals surface area contributed by atoms with Gasteiger partial charge in [-0.1, -0.05) is 32.1 Å². The van der Waals surface area contributed by atoms with Crippen LogP contribution in [0.4, 0.5) is 14.6 Å². The highest BCUT2D eigenvalue weighted by molar-refractivity contribution is 5.91. The number of halogens is 2. The molecule has 1 aromatic heterocycles. The molecule has 8 nitrogen and oxygen atoms in total. The number of nitrogens with zero attached hydrogens (tertiary/aromatic N) is 3. The van der Waals surface area contributed by atoms with Gasteiger partial charge < -0.3 is 20.0 Å².